The lowest BCUT2D eigenvalue weighted by atomic mass is 9.94. The molecule has 4 rings (SSSR count). The number of amidine groups is 1. The second-order valence-corrected chi connectivity index (χ2v) is 9.35. The van der Waals surface area contributed by atoms with Crippen molar-refractivity contribution in [1.82, 2.24) is 9.80 Å². The fourth-order valence-electron chi connectivity index (χ4n) is 3.98. The molecular formula is C23H26ClN3O4S. The number of morpholine rings is 1. The highest BCUT2D eigenvalue weighted by molar-refractivity contribution is 8.16. The van der Waals surface area contributed by atoms with Gasteiger partial charge in [0.05, 0.1) is 43.1 Å². The molecule has 1 fully saturated rings. The van der Waals surface area contributed by atoms with Gasteiger partial charge in [-0.15, -0.1) is 0 Å². The van der Waals surface area contributed by atoms with E-state index >= 15 is 0 Å². The Labute approximate surface area is 197 Å². The Morgan fingerprint density at radius 1 is 1.31 bits per heavy atom. The highest BCUT2D eigenvalue weighted by Crippen LogP contribution is 2.45. The van der Waals surface area contributed by atoms with Gasteiger partial charge < -0.3 is 19.3 Å². The number of ether oxygens (including phenoxy) is 2. The number of hydrogen-bond donors (Lipinski definition) is 0. The molecule has 0 bridgehead atoms. The summed E-state index contributed by atoms with van der Waals surface area (Å²) in [5.41, 5.74) is 2.70. The summed E-state index contributed by atoms with van der Waals surface area (Å²) in [6.45, 7) is 7.72. The maximum atomic E-state index is 13.1. The Balaban J connectivity index is 1.70. The zero-order chi connectivity index (χ0) is 22.8. The first-order chi connectivity index (χ1) is 15.3. The van der Waals surface area contributed by atoms with E-state index in [9.17, 15) is 9.59 Å². The summed E-state index contributed by atoms with van der Waals surface area (Å²) in [7, 11) is 0. The van der Waals surface area contributed by atoms with E-state index in [1.165, 1.54) is 11.8 Å². The van der Waals surface area contributed by atoms with Crippen molar-refractivity contribution in [3.63, 3.8) is 0 Å². The summed E-state index contributed by atoms with van der Waals surface area (Å²) in [5, 5.41) is 3.25. The maximum Gasteiger partial charge on any atom is 0.338 e. The van der Waals surface area contributed by atoms with Crippen LogP contribution in [0.4, 0.5) is 0 Å². The van der Waals surface area contributed by atoms with Crippen molar-refractivity contribution in [1.29, 1.82) is 0 Å². The van der Waals surface area contributed by atoms with E-state index in [0.717, 1.165) is 16.4 Å². The molecule has 3 heterocycles. The molecule has 0 aromatic heterocycles. The van der Waals surface area contributed by atoms with Crippen LogP contribution in [-0.2, 0) is 19.1 Å². The van der Waals surface area contributed by atoms with Gasteiger partial charge in [0.25, 0.3) is 0 Å². The molecule has 1 amide bonds. The number of benzene rings is 1. The van der Waals surface area contributed by atoms with E-state index in [4.69, 9.17) is 21.1 Å². The van der Waals surface area contributed by atoms with Gasteiger partial charge in [-0.25, -0.2) is 9.79 Å². The lowest BCUT2D eigenvalue weighted by Crippen LogP contribution is -2.42. The van der Waals surface area contributed by atoms with Gasteiger partial charge in [0.1, 0.15) is 0 Å². The molecule has 1 unspecified atom stereocenters. The number of esters is 1. The molecule has 1 atom stereocenters. The second kappa shape index (κ2) is 9.68. The van der Waals surface area contributed by atoms with Crippen molar-refractivity contribution in [2.45, 2.75) is 39.3 Å². The smallest absolute Gasteiger partial charge is 0.338 e. The monoisotopic (exact) mass is 475 g/mol. The molecule has 32 heavy (non-hydrogen) atoms. The Bertz CT molecular complexity index is 1010. The number of fused-ring (bicyclic) bond motifs is 1. The predicted molar refractivity (Wildman–Crippen MR) is 125 cm³/mol. The molecule has 1 aromatic carbocycles. The largest absolute Gasteiger partial charge is 0.459 e. The summed E-state index contributed by atoms with van der Waals surface area (Å²) in [4.78, 5) is 34.6. The summed E-state index contributed by atoms with van der Waals surface area (Å²) in [5.74, 6) is -0.384. The van der Waals surface area contributed by atoms with Gasteiger partial charge >= 0.3 is 5.97 Å². The average Bonchev–Trinajstić information content (AvgIpc) is 3.14. The molecule has 0 saturated carbocycles. The topological polar surface area (TPSA) is 71.4 Å². The number of hydrogen-bond acceptors (Lipinski definition) is 7. The molecule has 170 valence electrons. The Kier molecular flexibility index (Phi) is 6.93. The first-order valence-electron chi connectivity index (χ1n) is 10.6. The first-order valence-corrected chi connectivity index (χ1v) is 11.9. The standard InChI is InChI=1S/C23H26ClN3O4S/c1-14(2)31-22(29)20-15(3)25-23-27(21(20)16-5-4-6-17(24)11-16)18(13-32-23)12-19(28)26-7-9-30-10-8-26/h4-6,11,13-14,21H,7-10,12H2,1-3H3. The van der Waals surface area contributed by atoms with Gasteiger partial charge in [0, 0.05) is 23.8 Å². The molecule has 0 spiro atoms. The van der Waals surface area contributed by atoms with E-state index in [1.54, 1.807) is 6.07 Å². The summed E-state index contributed by atoms with van der Waals surface area (Å²) in [6, 6.07) is 6.94. The molecule has 7 nitrogen and oxygen atoms in total. The average molecular weight is 476 g/mol. The fourth-order valence-corrected chi connectivity index (χ4v) is 5.14. The number of amides is 1. The van der Waals surface area contributed by atoms with Crippen LogP contribution in [0.3, 0.4) is 0 Å². The molecule has 1 aromatic rings. The SMILES string of the molecule is CC1=C(C(=O)OC(C)C)C(c2cccc(Cl)c2)N2C(CC(=O)N3CCOCC3)=CSC2=N1. The summed E-state index contributed by atoms with van der Waals surface area (Å²) >= 11 is 7.76. The minimum Gasteiger partial charge on any atom is -0.459 e. The highest BCUT2D eigenvalue weighted by Gasteiger charge is 2.41. The zero-order valence-electron chi connectivity index (χ0n) is 18.3. The van der Waals surface area contributed by atoms with Crippen LogP contribution in [0, 0.1) is 0 Å². The van der Waals surface area contributed by atoms with E-state index in [-0.39, 0.29) is 18.4 Å². The second-order valence-electron chi connectivity index (χ2n) is 8.07. The molecule has 0 radical (unpaired) electrons. The zero-order valence-corrected chi connectivity index (χ0v) is 19.9. The molecule has 3 aliphatic heterocycles. The van der Waals surface area contributed by atoms with Gasteiger partial charge in [0.15, 0.2) is 5.17 Å². The van der Waals surface area contributed by atoms with Gasteiger partial charge in [-0.2, -0.15) is 0 Å². The normalized spacial score (nSPS) is 20.8. The molecule has 0 aliphatic carbocycles. The molecule has 9 heteroatoms. The number of thioether (sulfide) groups is 1. The summed E-state index contributed by atoms with van der Waals surface area (Å²) < 4.78 is 10.9. The van der Waals surface area contributed by atoms with Gasteiger partial charge in [-0.05, 0) is 43.9 Å². The summed E-state index contributed by atoms with van der Waals surface area (Å²) in [6.07, 6.45) is -0.0479. The van der Waals surface area contributed by atoms with Crippen LogP contribution >= 0.6 is 23.4 Å². The van der Waals surface area contributed by atoms with Crippen LogP contribution in [0.5, 0.6) is 0 Å². The minimum atomic E-state index is -0.480. The predicted octanol–water partition coefficient (Wildman–Crippen LogP) is 4.12. The van der Waals surface area contributed by atoms with Gasteiger partial charge in [0.2, 0.25) is 5.91 Å². The number of nitrogens with zero attached hydrogens (tertiary/aromatic N) is 3. The number of carbonyl (C=O) groups is 2. The van der Waals surface area contributed by atoms with Crippen molar-refractivity contribution in [3.05, 3.63) is 57.2 Å². The lowest BCUT2D eigenvalue weighted by Gasteiger charge is -2.37. The van der Waals surface area contributed by atoms with Crippen LogP contribution < -0.4 is 0 Å². The Hall–Kier alpha value is -2.29. The Morgan fingerprint density at radius 2 is 2.06 bits per heavy atom. The number of carbonyl (C=O) groups excluding carboxylic acids is 2. The van der Waals surface area contributed by atoms with Crippen molar-refractivity contribution < 1.29 is 19.1 Å². The molecular weight excluding hydrogens is 450 g/mol. The third kappa shape index (κ3) is 4.72. The van der Waals surface area contributed by atoms with E-state index in [0.29, 0.717) is 42.6 Å². The van der Waals surface area contributed by atoms with E-state index < -0.39 is 12.0 Å². The van der Waals surface area contributed by atoms with Crippen LogP contribution in [0.25, 0.3) is 0 Å². The van der Waals surface area contributed by atoms with Crippen molar-refractivity contribution in [2.75, 3.05) is 26.3 Å². The van der Waals surface area contributed by atoms with E-state index in [2.05, 4.69) is 4.99 Å². The molecule has 0 N–H and O–H groups in total. The highest BCUT2D eigenvalue weighted by atomic mass is 35.5. The number of halogens is 1. The minimum absolute atomic E-state index is 0.0313. The van der Waals surface area contributed by atoms with Gasteiger partial charge in [-0.3, -0.25) is 4.79 Å². The van der Waals surface area contributed by atoms with Crippen molar-refractivity contribution in [2.24, 2.45) is 4.99 Å². The third-order valence-electron chi connectivity index (χ3n) is 5.42. The van der Waals surface area contributed by atoms with Crippen LogP contribution in [-0.4, -0.2) is 59.3 Å². The lowest BCUT2D eigenvalue weighted by molar-refractivity contribution is -0.143. The quantitative estimate of drug-likeness (QED) is 0.597. The van der Waals surface area contributed by atoms with Crippen LogP contribution in [0.2, 0.25) is 5.02 Å². The van der Waals surface area contributed by atoms with Crippen molar-refractivity contribution in [3.8, 4) is 0 Å². The van der Waals surface area contributed by atoms with Crippen molar-refractivity contribution >= 4 is 40.4 Å². The molecule has 1 saturated heterocycles. The van der Waals surface area contributed by atoms with Crippen LogP contribution in [0.1, 0.15) is 38.8 Å². The first kappa shape index (κ1) is 22.9. The maximum absolute atomic E-state index is 13.1. The van der Waals surface area contributed by atoms with Crippen LogP contribution in [0.15, 0.2) is 51.6 Å². The number of aliphatic imine (C=N–C) groups is 1. The van der Waals surface area contributed by atoms with E-state index in [1.807, 2.05) is 54.2 Å². The molecule has 3 aliphatic rings. The third-order valence-corrected chi connectivity index (χ3v) is 6.55. The fraction of sp³-hybridized carbons (Fsp3) is 0.435. The Morgan fingerprint density at radius 3 is 2.75 bits per heavy atom. The van der Waals surface area contributed by atoms with Gasteiger partial charge in [-0.1, -0.05) is 35.5 Å². The number of allylic oxidation sites excluding steroid dienone is 1. The number of rotatable bonds is 5.